The van der Waals surface area contributed by atoms with Gasteiger partial charge in [-0.15, -0.1) is 0 Å². The SMILES string of the molecule is CCNC(=O)CCN1CCOC(c2ccc(C(F)(F)F)cc2)C1. The highest BCUT2D eigenvalue weighted by molar-refractivity contribution is 5.75. The summed E-state index contributed by atoms with van der Waals surface area (Å²) in [6.45, 7) is 4.89. The highest BCUT2D eigenvalue weighted by Gasteiger charge is 2.30. The summed E-state index contributed by atoms with van der Waals surface area (Å²) in [6.07, 6.45) is -4.18. The third kappa shape index (κ3) is 5.21. The summed E-state index contributed by atoms with van der Waals surface area (Å²) in [7, 11) is 0. The molecule has 0 spiro atoms. The number of benzene rings is 1. The second kappa shape index (κ2) is 7.79. The van der Waals surface area contributed by atoms with Crippen molar-refractivity contribution in [2.45, 2.75) is 25.6 Å². The number of carbonyl (C=O) groups is 1. The molecule has 0 saturated carbocycles. The Bertz CT molecular complexity index is 517. The van der Waals surface area contributed by atoms with Crippen LogP contribution in [-0.4, -0.2) is 43.6 Å². The highest BCUT2D eigenvalue weighted by Crippen LogP contribution is 2.31. The third-order valence-corrected chi connectivity index (χ3v) is 3.79. The first-order valence-electron chi connectivity index (χ1n) is 7.68. The number of nitrogens with zero attached hydrogens (tertiary/aromatic N) is 1. The topological polar surface area (TPSA) is 41.6 Å². The summed E-state index contributed by atoms with van der Waals surface area (Å²) < 4.78 is 43.4. The van der Waals surface area contributed by atoms with Crippen LogP contribution in [0.1, 0.15) is 30.6 Å². The van der Waals surface area contributed by atoms with Crippen molar-refractivity contribution in [3.63, 3.8) is 0 Å². The Morgan fingerprint density at radius 1 is 1.35 bits per heavy atom. The molecule has 7 heteroatoms. The molecule has 0 radical (unpaired) electrons. The van der Waals surface area contributed by atoms with Crippen LogP contribution in [0.4, 0.5) is 13.2 Å². The van der Waals surface area contributed by atoms with E-state index in [4.69, 9.17) is 4.74 Å². The molecule has 1 amide bonds. The van der Waals surface area contributed by atoms with E-state index in [1.54, 1.807) is 0 Å². The van der Waals surface area contributed by atoms with E-state index in [1.807, 2.05) is 6.92 Å². The van der Waals surface area contributed by atoms with Crippen LogP contribution >= 0.6 is 0 Å². The van der Waals surface area contributed by atoms with Crippen LogP contribution in [0.5, 0.6) is 0 Å². The normalized spacial score (nSPS) is 19.6. The standard InChI is InChI=1S/C16H21F3N2O2/c1-2-20-15(22)7-8-21-9-10-23-14(11-21)12-3-5-13(6-4-12)16(17,18)19/h3-6,14H,2,7-11H2,1H3,(H,20,22). The van der Waals surface area contributed by atoms with Gasteiger partial charge in [0, 0.05) is 32.6 Å². The summed E-state index contributed by atoms with van der Waals surface area (Å²) in [4.78, 5) is 13.6. The average molecular weight is 330 g/mol. The molecule has 1 heterocycles. The molecule has 1 aromatic carbocycles. The quantitative estimate of drug-likeness (QED) is 0.902. The van der Waals surface area contributed by atoms with Crippen LogP contribution in [0.2, 0.25) is 0 Å². The highest BCUT2D eigenvalue weighted by atomic mass is 19.4. The largest absolute Gasteiger partial charge is 0.416 e. The maximum Gasteiger partial charge on any atom is 0.416 e. The Balaban J connectivity index is 1.91. The molecule has 0 aromatic heterocycles. The summed E-state index contributed by atoms with van der Waals surface area (Å²) in [6, 6.07) is 5.07. The van der Waals surface area contributed by atoms with Gasteiger partial charge in [-0.05, 0) is 24.6 Å². The third-order valence-electron chi connectivity index (χ3n) is 3.79. The minimum absolute atomic E-state index is 0.00470. The Morgan fingerprint density at radius 2 is 2.04 bits per heavy atom. The van der Waals surface area contributed by atoms with Crippen LogP contribution < -0.4 is 5.32 Å². The van der Waals surface area contributed by atoms with Crippen molar-refractivity contribution < 1.29 is 22.7 Å². The number of rotatable bonds is 5. The van der Waals surface area contributed by atoms with Gasteiger partial charge < -0.3 is 10.1 Å². The van der Waals surface area contributed by atoms with E-state index < -0.39 is 11.7 Å². The first kappa shape index (κ1) is 17.7. The van der Waals surface area contributed by atoms with E-state index in [0.717, 1.165) is 24.2 Å². The molecule has 1 aliphatic rings. The Morgan fingerprint density at radius 3 is 2.65 bits per heavy atom. The maximum absolute atomic E-state index is 12.6. The van der Waals surface area contributed by atoms with Crippen molar-refractivity contribution in [1.82, 2.24) is 10.2 Å². The van der Waals surface area contributed by atoms with Gasteiger partial charge in [0.2, 0.25) is 5.91 Å². The number of alkyl halides is 3. The summed E-state index contributed by atoms with van der Waals surface area (Å²) in [5, 5.41) is 2.74. The lowest BCUT2D eigenvalue weighted by Gasteiger charge is -2.33. The van der Waals surface area contributed by atoms with Gasteiger partial charge in [0.25, 0.3) is 0 Å². The molecule has 0 bridgehead atoms. The molecule has 1 saturated heterocycles. The number of carbonyl (C=O) groups excluding carboxylic acids is 1. The molecule has 1 unspecified atom stereocenters. The molecule has 1 N–H and O–H groups in total. The lowest BCUT2D eigenvalue weighted by atomic mass is 10.0. The lowest BCUT2D eigenvalue weighted by molar-refractivity contribution is -0.137. The van der Waals surface area contributed by atoms with Crippen molar-refractivity contribution in [1.29, 1.82) is 0 Å². The smallest absolute Gasteiger partial charge is 0.371 e. The first-order chi connectivity index (χ1) is 10.9. The zero-order valence-corrected chi connectivity index (χ0v) is 13.0. The molecule has 128 valence electrons. The molecule has 23 heavy (non-hydrogen) atoms. The van der Waals surface area contributed by atoms with Crippen LogP contribution in [0, 0.1) is 0 Å². The molecule has 0 aliphatic carbocycles. The van der Waals surface area contributed by atoms with Crippen LogP contribution in [0.25, 0.3) is 0 Å². The monoisotopic (exact) mass is 330 g/mol. The van der Waals surface area contributed by atoms with E-state index in [1.165, 1.54) is 12.1 Å². The number of morpholine rings is 1. The number of nitrogens with one attached hydrogen (secondary N) is 1. The molecule has 1 aromatic rings. The molecule has 1 aliphatic heterocycles. The number of hydrogen-bond donors (Lipinski definition) is 1. The minimum Gasteiger partial charge on any atom is -0.371 e. The fourth-order valence-electron chi connectivity index (χ4n) is 2.54. The van der Waals surface area contributed by atoms with E-state index >= 15 is 0 Å². The summed E-state index contributed by atoms with van der Waals surface area (Å²) in [5.41, 5.74) is 0.0610. The van der Waals surface area contributed by atoms with Gasteiger partial charge in [-0.3, -0.25) is 9.69 Å². The van der Waals surface area contributed by atoms with E-state index in [0.29, 0.717) is 32.7 Å². The average Bonchev–Trinajstić information content (AvgIpc) is 2.53. The maximum atomic E-state index is 12.6. The van der Waals surface area contributed by atoms with Crippen LogP contribution in [0.15, 0.2) is 24.3 Å². The predicted octanol–water partition coefficient (Wildman–Crippen LogP) is 2.60. The predicted molar refractivity (Wildman–Crippen MR) is 79.9 cm³/mol. The number of ether oxygens (including phenoxy) is 1. The summed E-state index contributed by atoms with van der Waals surface area (Å²) >= 11 is 0. The Kier molecular flexibility index (Phi) is 6.01. The molecular weight excluding hydrogens is 309 g/mol. The zero-order valence-electron chi connectivity index (χ0n) is 13.0. The number of halogens is 3. The van der Waals surface area contributed by atoms with Gasteiger partial charge in [0.05, 0.1) is 18.3 Å². The molecular formula is C16H21F3N2O2. The molecule has 2 rings (SSSR count). The van der Waals surface area contributed by atoms with Crippen molar-refractivity contribution in [2.24, 2.45) is 0 Å². The first-order valence-corrected chi connectivity index (χ1v) is 7.68. The molecule has 1 fully saturated rings. The fraction of sp³-hybridized carbons (Fsp3) is 0.562. The van der Waals surface area contributed by atoms with Gasteiger partial charge in [-0.1, -0.05) is 12.1 Å². The minimum atomic E-state index is -4.33. The number of amides is 1. The Hall–Kier alpha value is -1.60. The van der Waals surface area contributed by atoms with Gasteiger partial charge in [-0.25, -0.2) is 0 Å². The van der Waals surface area contributed by atoms with Gasteiger partial charge in [-0.2, -0.15) is 13.2 Å². The van der Waals surface area contributed by atoms with Crippen molar-refractivity contribution in [3.8, 4) is 0 Å². The fourth-order valence-corrected chi connectivity index (χ4v) is 2.54. The van der Waals surface area contributed by atoms with E-state index in [-0.39, 0.29) is 12.0 Å². The van der Waals surface area contributed by atoms with Crippen LogP contribution in [-0.2, 0) is 15.7 Å². The van der Waals surface area contributed by atoms with Crippen LogP contribution in [0.3, 0.4) is 0 Å². The second-order valence-electron chi connectivity index (χ2n) is 5.48. The lowest BCUT2D eigenvalue weighted by Crippen LogP contribution is -2.40. The molecule has 4 nitrogen and oxygen atoms in total. The van der Waals surface area contributed by atoms with Crippen molar-refractivity contribution in [3.05, 3.63) is 35.4 Å². The van der Waals surface area contributed by atoms with Gasteiger partial charge in [0.15, 0.2) is 0 Å². The van der Waals surface area contributed by atoms with E-state index in [9.17, 15) is 18.0 Å². The second-order valence-corrected chi connectivity index (χ2v) is 5.48. The number of hydrogen-bond acceptors (Lipinski definition) is 3. The summed E-state index contributed by atoms with van der Waals surface area (Å²) in [5.74, 6) is 0.00470. The zero-order chi connectivity index (χ0) is 16.9. The van der Waals surface area contributed by atoms with Gasteiger partial charge in [0.1, 0.15) is 0 Å². The van der Waals surface area contributed by atoms with Crippen molar-refractivity contribution in [2.75, 3.05) is 32.8 Å². The Labute approximate surface area is 133 Å². The van der Waals surface area contributed by atoms with Crippen molar-refractivity contribution >= 4 is 5.91 Å². The van der Waals surface area contributed by atoms with Gasteiger partial charge >= 0.3 is 6.18 Å². The van der Waals surface area contributed by atoms with E-state index in [2.05, 4.69) is 10.2 Å². The molecule has 1 atom stereocenters.